The van der Waals surface area contributed by atoms with Crippen molar-refractivity contribution in [3.8, 4) is 0 Å². The Morgan fingerprint density at radius 1 is 1.35 bits per heavy atom. The van der Waals surface area contributed by atoms with Crippen molar-refractivity contribution in [2.45, 2.75) is 39.7 Å². The molecule has 5 heteroatoms. The second-order valence-electron chi connectivity index (χ2n) is 5.61. The van der Waals surface area contributed by atoms with E-state index in [4.69, 9.17) is 4.74 Å². The Morgan fingerprint density at radius 2 is 1.95 bits per heavy atom. The largest absolute Gasteiger partial charge is 0.465 e. The lowest BCUT2D eigenvalue weighted by molar-refractivity contribution is 0.0599. The van der Waals surface area contributed by atoms with Crippen LogP contribution in [0.15, 0.2) is 0 Å². The summed E-state index contributed by atoms with van der Waals surface area (Å²) in [5.41, 5.74) is 2.28. The van der Waals surface area contributed by atoms with Gasteiger partial charge in [0, 0.05) is 18.8 Å². The number of esters is 1. The van der Waals surface area contributed by atoms with E-state index in [2.05, 4.69) is 11.9 Å². The van der Waals surface area contributed by atoms with Crippen LogP contribution >= 0.6 is 0 Å². The van der Waals surface area contributed by atoms with Crippen LogP contribution in [0.4, 0.5) is 0 Å². The number of methoxy groups -OCH3 is 1. The lowest BCUT2D eigenvalue weighted by Crippen LogP contribution is -2.37. The number of nitrogens with zero attached hydrogens (tertiary/aromatic N) is 1. The number of H-pyrrole nitrogens is 1. The van der Waals surface area contributed by atoms with Crippen molar-refractivity contribution in [2.75, 3.05) is 14.2 Å². The van der Waals surface area contributed by atoms with Crippen LogP contribution in [0.3, 0.4) is 0 Å². The van der Waals surface area contributed by atoms with Gasteiger partial charge in [-0.1, -0.05) is 0 Å². The van der Waals surface area contributed by atoms with Gasteiger partial charge in [-0.3, -0.25) is 4.79 Å². The van der Waals surface area contributed by atoms with Crippen molar-refractivity contribution in [3.05, 3.63) is 22.5 Å². The Hall–Kier alpha value is -1.78. The van der Waals surface area contributed by atoms with Crippen molar-refractivity contribution in [3.63, 3.8) is 0 Å². The van der Waals surface area contributed by atoms with Crippen LogP contribution in [0.5, 0.6) is 0 Å². The van der Waals surface area contributed by atoms with E-state index >= 15 is 0 Å². The highest BCUT2D eigenvalue weighted by Gasteiger charge is 2.34. The zero-order valence-electron chi connectivity index (χ0n) is 12.7. The Labute approximate surface area is 119 Å². The van der Waals surface area contributed by atoms with Crippen LogP contribution in [-0.4, -0.2) is 42.0 Å². The van der Waals surface area contributed by atoms with Gasteiger partial charge < -0.3 is 14.6 Å². The van der Waals surface area contributed by atoms with Gasteiger partial charge in [0.1, 0.15) is 5.69 Å². The lowest BCUT2D eigenvalue weighted by Gasteiger charge is -2.24. The van der Waals surface area contributed by atoms with Gasteiger partial charge >= 0.3 is 5.97 Å². The predicted molar refractivity (Wildman–Crippen MR) is 75.9 cm³/mol. The average Bonchev–Trinajstić information content (AvgIpc) is 3.22. The number of nitrogens with one attached hydrogen (secondary N) is 1. The van der Waals surface area contributed by atoms with E-state index in [1.807, 2.05) is 7.05 Å². The molecule has 20 heavy (non-hydrogen) atoms. The molecule has 5 nitrogen and oxygen atoms in total. The van der Waals surface area contributed by atoms with Crippen LogP contribution in [0, 0.1) is 19.8 Å². The summed E-state index contributed by atoms with van der Waals surface area (Å²) < 4.78 is 4.76. The standard InChI is InChI=1S/C15H22N2O3/c1-8-12(15(19)20-5)9(2)16-13(8)14(18)17(4)10(3)11-6-7-11/h10-11,16H,6-7H2,1-5H3/t10-/m0/s1. The molecule has 1 aromatic heterocycles. The molecule has 0 radical (unpaired) electrons. The lowest BCUT2D eigenvalue weighted by atomic mass is 10.1. The first-order valence-corrected chi connectivity index (χ1v) is 6.93. The Morgan fingerprint density at radius 3 is 2.45 bits per heavy atom. The maximum Gasteiger partial charge on any atom is 0.339 e. The van der Waals surface area contributed by atoms with Crippen LogP contribution in [0.25, 0.3) is 0 Å². The van der Waals surface area contributed by atoms with Gasteiger partial charge in [-0.2, -0.15) is 0 Å². The molecule has 2 rings (SSSR count). The fourth-order valence-corrected chi connectivity index (χ4v) is 2.63. The minimum Gasteiger partial charge on any atom is -0.465 e. The molecule has 1 fully saturated rings. The topological polar surface area (TPSA) is 62.4 Å². The van der Waals surface area contributed by atoms with E-state index < -0.39 is 5.97 Å². The van der Waals surface area contributed by atoms with Gasteiger partial charge in [-0.15, -0.1) is 0 Å². The minimum absolute atomic E-state index is 0.0693. The van der Waals surface area contributed by atoms with Crippen molar-refractivity contribution in [2.24, 2.45) is 5.92 Å². The van der Waals surface area contributed by atoms with Gasteiger partial charge in [-0.05, 0) is 45.1 Å². The van der Waals surface area contributed by atoms with Crippen molar-refractivity contribution in [1.29, 1.82) is 0 Å². The molecule has 1 aromatic rings. The number of aryl methyl sites for hydroxylation is 1. The number of rotatable bonds is 4. The zero-order valence-corrected chi connectivity index (χ0v) is 12.7. The minimum atomic E-state index is -0.409. The average molecular weight is 278 g/mol. The molecular weight excluding hydrogens is 256 g/mol. The number of hydrogen-bond acceptors (Lipinski definition) is 3. The van der Waals surface area contributed by atoms with E-state index in [0.29, 0.717) is 28.4 Å². The highest BCUT2D eigenvalue weighted by Crippen LogP contribution is 2.35. The summed E-state index contributed by atoms with van der Waals surface area (Å²) in [6, 6.07) is 0.229. The smallest absolute Gasteiger partial charge is 0.339 e. The molecule has 0 saturated heterocycles. The zero-order chi connectivity index (χ0) is 15.0. The third-order valence-electron chi connectivity index (χ3n) is 4.28. The number of hydrogen-bond donors (Lipinski definition) is 1. The molecule has 1 amide bonds. The van der Waals surface area contributed by atoms with E-state index in [1.54, 1.807) is 18.7 Å². The van der Waals surface area contributed by atoms with Gasteiger partial charge in [0.25, 0.3) is 5.91 Å². The number of ether oxygens (including phenoxy) is 1. The molecule has 0 spiro atoms. The molecule has 0 aliphatic heterocycles. The summed E-state index contributed by atoms with van der Waals surface area (Å²) >= 11 is 0. The molecule has 1 N–H and O–H groups in total. The first kappa shape index (κ1) is 14.6. The second-order valence-corrected chi connectivity index (χ2v) is 5.61. The van der Waals surface area contributed by atoms with Crippen molar-refractivity contribution >= 4 is 11.9 Å². The van der Waals surface area contributed by atoms with Crippen LogP contribution in [0.2, 0.25) is 0 Å². The van der Waals surface area contributed by atoms with E-state index in [9.17, 15) is 9.59 Å². The van der Waals surface area contributed by atoms with E-state index in [0.717, 1.165) is 0 Å². The van der Waals surface area contributed by atoms with E-state index in [1.165, 1.54) is 20.0 Å². The first-order chi connectivity index (χ1) is 9.38. The summed E-state index contributed by atoms with van der Waals surface area (Å²) in [7, 11) is 3.16. The molecule has 1 aliphatic rings. The summed E-state index contributed by atoms with van der Waals surface area (Å²) in [5, 5.41) is 0. The molecule has 110 valence electrons. The third kappa shape index (κ3) is 2.44. The maximum atomic E-state index is 12.6. The third-order valence-corrected chi connectivity index (χ3v) is 4.28. The van der Waals surface area contributed by atoms with Crippen molar-refractivity contribution in [1.82, 2.24) is 9.88 Å². The molecule has 0 bridgehead atoms. The summed E-state index contributed by atoms with van der Waals surface area (Å²) in [6.45, 7) is 5.63. The summed E-state index contributed by atoms with van der Waals surface area (Å²) in [6.07, 6.45) is 2.38. The Bertz CT molecular complexity index is 544. The van der Waals surface area contributed by atoms with Gasteiger partial charge in [0.05, 0.1) is 12.7 Å². The monoisotopic (exact) mass is 278 g/mol. The normalized spacial score (nSPS) is 15.8. The summed E-state index contributed by atoms with van der Waals surface area (Å²) in [5.74, 6) is 0.133. The highest BCUT2D eigenvalue weighted by atomic mass is 16.5. The fourth-order valence-electron chi connectivity index (χ4n) is 2.63. The van der Waals surface area contributed by atoms with Crippen LogP contribution in [0.1, 0.15) is 51.9 Å². The molecule has 1 atom stereocenters. The highest BCUT2D eigenvalue weighted by molar-refractivity contribution is 6.00. The molecule has 1 heterocycles. The number of aromatic amines is 1. The molecule has 1 saturated carbocycles. The van der Waals surface area contributed by atoms with Crippen LogP contribution < -0.4 is 0 Å². The summed E-state index contributed by atoms with van der Waals surface area (Å²) in [4.78, 5) is 29.1. The van der Waals surface area contributed by atoms with E-state index in [-0.39, 0.29) is 11.9 Å². The second kappa shape index (κ2) is 5.31. The van der Waals surface area contributed by atoms with Crippen molar-refractivity contribution < 1.29 is 14.3 Å². The Balaban J connectivity index is 2.28. The van der Waals surface area contributed by atoms with Gasteiger partial charge in [-0.25, -0.2) is 4.79 Å². The molecule has 1 aliphatic carbocycles. The number of carbonyl (C=O) groups excluding carboxylic acids is 2. The predicted octanol–water partition coefficient (Wildman–Crippen LogP) is 2.29. The fraction of sp³-hybridized carbons (Fsp3) is 0.600. The molecule has 0 aromatic carbocycles. The van der Waals surface area contributed by atoms with Gasteiger partial charge in [0.15, 0.2) is 0 Å². The SMILES string of the molecule is COC(=O)c1c(C)[nH]c(C(=O)N(C)[C@@H](C)C2CC2)c1C. The quantitative estimate of drug-likeness (QED) is 0.859. The first-order valence-electron chi connectivity index (χ1n) is 6.93. The molecule has 0 unspecified atom stereocenters. The Kier molecular flexibility index (Phi) is 3.88. The van der Waals surface area contributed by atoms with Gasteiger partial charge in [0.2, 0.25) is 0 Å². The number of aromatic nitrogens is 1. The van der Waals surface area contributed by atoms with Crippen LogP contribution in [-0.2, 0) is 4.74 Å². The number of amides is 1. The molecular formula is C15H22N2O3. The maximum absolute atomic E-state index is 12.6. The number of carbonyl (C=O) groups is 2.